The van der Waals surface area contributed by atoms with Gasteiger partial charge in [0.1, 0.15) is 5.01 Å². The van der Waals surface area contributed by atoms with Crippen LogP contribution >= 0.6 is 23.6 Å². The number of nitro benzene ring substituents is 1. The number of nitro groups is 1. The number of hydrogen-bond donors (Lipinski definition) is 1. The lowest BCUT2D eigenvalue weighted by atomic mass is 10.3. The van der Waals surface area contributed by atoms with Crippen LogP contribution in [0.1, 0.15) is 5.01 Å². The van der Waals surface area contributed by atoms with E-state index in [4.69, 9.17) is 12.2 Å². The second-order valence-corrected chi connectivity index (χ2v) is 6.67. The zero-order chi connectivity index (χ0) is 17.1. The van der Waals surface area contributed by atoms with Crippen LogP contribution in [0.15, 0.2) is 48.5 Å². The highest BCUT2D eigenvalue weighted by atomic mass is 32.1. The van der Waals surface area contributed by atoms with E-state index in [-0.39, 0.29) is 5.69 Å². The quantitative estimate of drug-likeness (QED) is 0.431. The van der Waals surface area contributed by atoms with Crippen LogP contribution in [-0.4, -0.2) is 27.0 Å². The number of anilines is 1. The van der Waals surface area contributed by atoms with Gasteiger partial charge in [-0.05, 0) is 36.5 Å². The van der Waals surface area contributed by atoms with Crippen LogP contribution in [0.25, 0.3) is 10.2 Å². The molecule has 0 atom stereocenters. The average Bonchev–Trinajstić information content (AvgIpc) is 2.97. The molecule has 0 bridgehead atoms. The van der Waals surface area contributed by atoms with Gasteiger partial charge in [-0.2, -0.15) is 0 Å². The second-order valence-electron chi connectivity index (χ2n) is 5.17. The Balaban J connectivity index is 1.64. The van der Waals surface area contributed by atoms with Crippen molar-refractivity contribution in [3.8, 4) is 0 Å². The van der Waals surface area contributed by atoms with Crippen LogP contribution in [0.4, 0.5) is 11.4 Å². The van der Waals surface area contributed by atoms with Gasteiger partial charge >= 0.3 is 0 Å². The molecule has 1 N–H and O–H groups in total. The van der Waals surface area contributed by atoms with Gasteiger partial charge in [0.05, 0.1) is 21.7 Å². The Labute approximate surface area is 147 Å². The number of benzene rings is 2. The van der Waals surface area contributed by atoms with Gasteiger partial charge in [-0.3, -0.25) is 10.1 Å². The number of rotatable bonds is 4. The molecule has 1 heterocycles. The van der Waals surface area contributed by atoms with E-state index in [1.807, 2.05) is 36.2 Å². The Kier molecular flexibility index (Phi) is 4.68. The maximum absolute atomic E-state index is 10.7. The third-order valence-corrected chi connectivity index (χ3v) is 4.82. The summed E-state index contributed by atoms with van der Waals surface area (Å²) in [6.07, 6.45) is 0. The fourth-order valence-corrected chi connectivity index (χ4v) is 3.35. The minimum Gasteiger partial charge on any atom is -0.345 e. The highest BCUT2D eigenvalue weighted by Gasteiger charge is 2.10. The molecule has 1 aromatic heterocycles. The van der Waals surface area contributed by atoms with Crippen LogP contribution in [-0.2, 0) is 6.54 Å². The number of thiazole rings is 1. The normalized spacial score (nSPS) is 10.5. The zero-order valence-corrected chi connectivity index (χ0v) is 14.4. The summed E-state index contributed by atoms with van der Waals surface area (Å²) in [6.45, 7) is 0.595. The predicted molar refractivity (Wildman–Crippen MR) is 100 cm³/mol. The van der Waals surface area contributed by atoms with E-state index in [0.29, 0.717) is 17.3 Å². The summed E-state index contributed by atoms with van der Waals surface area (Å²) in [5.74, 6) is 0. The molecule has 0 amide bonds. The lowest BCUT2D eigenvalue weighted by Crippen LogP contribution is -2.30. The Bertz CT molecular complexity index is 859. The fraction of sp³-hybridized carbons (Fsp3) is 0.125. The molecule has 0 fully saturated rings. The Morgan fingerprint density at radius 1 is 1.29 bits per heavy atom. The van der Waals surface area contributed by atoms with Crippen molar-refractivity contribution in [3.05, 3.63) is 63.7 Å². The molecular weight excluding hydrogens is 344 g/mol. The topological polar surface area (TPSA) is 71.3 Å². The number of hydrogen-bond acceptors (Lipinski definition) is 5. The summed E-state index contributed by atoms with van der Waals surface area (Å²) in [5, 5.41) is 15.2. The summed E-state index contributed by atoms with van der Waals surface area (Å²) in [6, 6.07) is 14.2. The molecule has 0 aliphatic rings. The van der Waals surface area contributed by atoms with Gasteiger partial charge in [-0.25, -0.2) is 4.98 Å². The molecule has 8 heteroatoms. The number of thiocarbonyl (C=S) groups is 1. The van der Waals surface area contributed by atoms with E-state index < -0.39 is 4.92 Å². The van der Waals surface area contributed by atoms with E-state index in [9.17, 15) is 10.1 Å². The van der Waals surface area contributed by atoms with Gasteiger partial charge < -0.3 is 10.2 Å². The van der Waals surface area contributed by atoms with Crippen LogP contribution in [0.5, 0.6) is 0 Å². The number of nitrogens with zero attached hydrogens (tertiary/aromatic N) is 3. The van der Waals surface area contributed by atoms with Gasteiger partial charge in [0.25, 0.3) is 5.69 Å². The lowest BCUT2D eigenvalue weighted by molar-refractivity contribution is -0.384. The van der Waals surface area contributed by atoms with E-state index in [2.05, 4.69) is 10.3 Å². The predicted octanol–water partition coefficient (Wildman–Crippen LogP) is 4.03. The van der Waals surface area contributed by atoms with E-state index in [0.717, 1.165) is 15.2 Å². The van der Waals surface area contributed by atoms with Crippen molar-refractivity contribution in [1.29, 1.82) is 0 Å². The summed E-state index contributed by atoms with van der Waals surface area (Å²) < 4.78 is 1.15. The van der Waals surface area contributed by atoms with Crippen molar-refractivity contribution >= 4 is 50.3 Å². The lowest BCUT2D eigenvalue weighted by Gasteiger charge is -2.19. The van der Waals surface area contributed by atoms with Crippen molar-refractivity contribution in [2.45, 2.75) is 6.54 Å². The maximum Gasteiger partial charge on any atom is 0.269 e. The molecule has 0 spiro atoms. The number of para-hydroxylation sites is 1. The molecule has 0 radical (unpaired) electrons. The Morgan fingerprint density at radius 2 is 2.00 bits per heavy atom. The second kappa shape index (κ2) is 6.90. The molecule has 122 valence electrons. The van der Waals surface area contributed by atoms with Gasteiger partial charge in [0, 0.05) is 24.9 Å². The van der Waals surface area contributed by atoms with Gasteiger partial charge in [-0.1, -0.05) is 12.1 Å². The smallest absolute Gasteiger partial charge is 0.269 e. The number of fused-ring (bicyclic) bond motifs is 1. The molecule has 24 heavy (non-hydrogen) atoms. The van der Waals surface area contributed by atoms with Crippen molar-refractivity contribution in [2.24, 2.45) is 0 Å². The minimum absolute atomic E-state index is 0.0503. The first-order valence-corrected chi connectivity index (χ1v) is 8.36. The monoisotopic (exact) mass is 358 g/mol. The van der Waals surface area contributed by atoms with Gasteiger partial charge in [0.15, 0.2) is 5.11 Å². The molecule has 6 nitrogen and oxygen atoms in total. The third kappa shape index (κ3) is 3.66. The molecule has 0 unspecified atom stereocenters. The highest BCUT2D eigenvalue weighted by molar-refractivity contribution is 7.80. The van der Waals surface area contributed by atoms with Gasteiger partial charge in [-0.15, -0.1) is 11.3 Å². The molecule has 3 rings (SSSR count). The minimum atomic E-state index is -0.429. The first-order valence-electron chi connectivity index (χ1n) is 7.14. The first kappa shape index (κ1) is 16.3. The summed E-state index contributed by atoms with van der Waals surface area (Å²) in [4.78, 5) is 16.7. The molecule has 0 aliphatic heterocycles. The van der Waals surface area contributed by atoms with Gasteiger partial charge in [0.2, 0.25) is 0 Å². The molecule has 3 aromatic rings. The maximum atomic E-state index is 10.7. The molecule has 0 aliphatic carbocycles. The average molecular weight is 358 g/mol. The SMILES string of the molecule is CN(Cc1nc2ccccc2s1)C(=S)Nc1ccc([N+](=O)[O-])cc1. The largest absolute Gasteiger partial charge is 0.345 e. The Morgan fingerprint density at radius 3 is 2.67 bits per heavy atom. The highest BCUT2D eigenvalue weighted by Crippen LogP contribution is 2.22. The summed E-state index contributed by atoms with van der Waals surface area (Å²) >= 11 is 7.02. The summed E-state index contributed by atoms with van der Waals surface area (Å²) in [5.41, 5.74) is 1.75. The van der Waals surface area contributed by atoms with Crippen LogP contribution in [0, 0.1) is 10.1 Å². The van der Waals surface area contributed by atoms with Crippen LogP contribution in [0.3, 0.4) is 0 Å². The van der Waals surface area contributed by atoms with Crippen molar-refractivity contribution in [1.82, 2.24) is 9.88 Å². The van der Waals surface area contributed by atoms with Crippen molar-refractivity contribution in [3.63, 3.8) is 0 Å². The summed E-state index contributed by atoms with van der Waals surface area (Å²) in [7, 11) is 1.88. The van der Waals surface area contributed by atoms with Crippen molar-refractivity contribution in [2.75, 3.05) is 12.4 Å². The molecule has 0 saturated carbocycles. The number of non-ortho nitro benzene ring substituents is 1. The zero-order valence-electron chi connectivity index (χ0n) is 12.8. The molecule has 0 saturated heterocycles. The van der Waals surface area contributed by atoms with E-state index in [1.54, 1.807) is 23.5 Å². The molecule has 2 aromatic carbocycles. The molecular formula is C16H14N4O2S2. The van der Waals surface area contributed by atoms with Crippen LogP contribution in [0.2, 0.25) is 0 Å². The number of nitrogens with one attached hydrogen (secondary N) is 1. The third-order valence-electron chi connectivity index (χ3n) is 3.39. The van der Waals surface area contributed by atoms with Crippen molar-refractivity contribution < 1.29 is 4.92 Å². The number of aromatic nitrogens is 1. The van der Waals surface area contributed by atoms with E-state index in [1.165, 1.54) is 12.1 Å². The standard InChI is InChI=1S/C16H14N4O2S2/c1-19(10-15-18-13-4-2-3-5-14(13)24-15)16(23)17-11-6-8-12(9-7-11)20(21)22/h2-9H,10H2,1H3,(H,17,23). The van der Waals surface area contributed by atoms with E-state index >= 15 is 0 Å². The van der Waals surface area contributed by atoms with Crippen LogP contribution < -0.4 is 5.32 Å². The fourth-order valence-electron chi connectivity index (χ4n) is 2.15. The Hall–Kier alpha value is -2.58. The first-order chi connectivity index (χ1) is 11.5.